The van der Waals surface area contributed by atoms with Crippen LogP contribution in [0.2, 0.25) is 0 Å². The maximum atomic E-state index is 11.6. The highest BCUT2D eigenvalue weighted by molar-refractivity contribution is 5.99. The topological polar surface area (TPSA) is 98.2 Å². The van der Waals surface area contributed by atoms with Gasteiger partial charge in [0.2, 0.25) is 11.8 Å². The number of carbonyl (C=O) groups excluding carboxylic acids is 2. The molecule has 5 N–H and O–H groups in total. The molecule has 0 aliphatic heterocycles. The summed E-state index contributed by atoms with van der Waals surface area (Å²) in [6, 6.07) is 6.38. The average molecular weight is 258 g/mol. The third-order valence-electron chi connectivity index (χ3n) is 1.99. The van der Waals surface area contributed by atoms with E-state index in [1.807, 2.05) is 0 Å². The molecule has 0 spiro atoms. The predicted molar refractivity (Wildman–Crippen MR) is 69.1 cm³/mol. The molecule has 0 bridgehead atoms. The van der Waals surface area contributed by atoms with Crippen molar-refractivity contribution in [2.24, 2.45) is 11.5 Å². The van der Waals surface area contributed by atoms with Crippen molar-refractivity contribution in [2.75, 3.05) is 5.32 Å². The second-order valence-corrected chi connectivity index (χ2v) is 4.12. The Bertz CT molecular complexity index is 427. The van der Waals surface area contributed by atoms with E-state index >= 15 is 0 Å². The SMILES string of the molecule is CC(C)(N)C(=O)Nc1cccc(C(N)=O)c1.Cl. The van der Waals surface area contributed by atoms with Gasteiger partial charge in [0.15, 0.2) is 0 Å². The third kappa shape index (κ3) is 4.42. The van der Waals surface area contributed by atoms with E-state index in [9.17, 15) is 9.59 Å². The zero-order chi connectivity index (χ0) is 12.3. The monoisotopic (exact) mass is 257 g/mol. The van der Waals surface area contributed by atoms with Gasteiger partial charge in [0, 0.05) is 11.3 Å². The van der Waals surface area contributed by atoms with Crippen molar-refractivity contribution in [1.82, 2.24) is 0 Å². The Morgan fingerprint density at radius 1 is 1.29 bits per heavy atom. The second kappa shape index (κ2) is 5.65. The lowest BCUT2D eigenvalue weighted by atomic mass is 10.1. The number of nitrogens with one attached hydrogen (secondary N) is 1. The van der Waals surface area contributed by atoms with E-state index in [0.717, 1.165) is 0 Å². The first-order valence-electron chi connectivity index (χ1n) is 4.81. The minimum absolute atomic E-state index is 0. The van der Waals surface area contributed by atoms with Crippen molar-refractivity contribution < 1.29 is 9.59 Å². The van der Waals surface area contributed by atoms with E-state index < -0.39 is 11.4 Å². The zero-order valence-electron chi connectivity index (χ0n) is 9.69. The molecule has 2 amide bonds. The first kappa shape index (κ1) is 15.4. The van der Waals surface area contributed by atoms with E-state index in [1.165, 1.54) is 6.07 Å². The van der Waals surface area contributed by atoms with Crippen LogP contribution in [-0.2, 0) is 4.79 Å². The van der Waals surface area contributed by atoms with Crippen LogP contribution >= 0.6 is 12.4 Å². The number of hydrogen-bond acceptors (Lipinski definition) is 3. The molecule has 0 atom stereocenters. The first-order chi connectivity index (χ1) is 7.30. The number of amides is 2. The Morgan fingerprint density at radius 2 is 1.88 bits per heavy atom. The molecule has 0 saturated carbocycles. The van der Waals surface area contributed by atoms with Gasteiger partial charge in [-0.15, -0.1) is 12.4 Å². The summed E-state index contributed by atoms with van der Waals surface area (Å²) in [4.78, 5) is 22.5. The lowest BCUT2D eigenvalue weighted by Crippen LogP contribution is -2.45. The van der Waals surface area contributed by atoms with Gasteiger partial charge < -0.3 is 16.8 Å². The molecule has 0 aliphatic carbocycles. The van der Waals surface area contributed by atoms with Gasteiger partial charge in [-0.1, -0.05) is 6.07 Å². The Labute approximate surface area is 106 Å². The van der Waals surface area contributed by atoms with E-state index in [1.54, 1.807) is 32.0 Å². The van der Waals surface area contributed by atoms with Crippen LogP contribution in [0.4, 0.5) is 5.69 Å². The van der Waals surface area contributed by atoms with Crippen molar-refractivity contribution in [3.05, 3.63) is 29.8 Å². The molecule has 0 radical (unpaired) electrons. The van der Waals surface area contributed by atoms with Crippen LogP contribution in [0, 0.1) is 0 Å². The lowest BCUT2D eigenvalue weighted by molar-refractivity contribution is -0.120. The minimum Gasteiger partial charge on any atom is -0.366 e. The number of benzene rings is 1. The molecule has 1 rings (SSSR count). The van der Waals surface area contributed by atoms with Gasteiger partial charge in [0.25, 0.3) is 0 Å². The molecule has 94 valence electrons. The molecule has 17 heavy (non-hydrogen) atoms. The summed E-state index contributed by atoms with van der Waals surface area (Å²) < 4.78 is 0. The summed E-state index contributed by atoms with van der Waals surface area (Å²) in [6.45, 7) is 3.19. The maximum Gasteiger partial charge on any atom is 0.248 e. The number of anilines is 1. The smallest absolute Gasteiger partial charge is 0.248 e. The largest absolute Gasteiger partial charge is 0.366 e. The van der Waals surface area contributed by atoms with Gasteiger partial charge >= 0.3 is 0 Å². The minimum atomic E-state index is -0.970. The molecule has 6 heteroatoms. The number of halogens is 1. The van der Waals surface area contributed by atoms with Crippen molar-refractivity contribution in [3.63, 3.8) is 0 Å². The summed E-state index contributed by atoms with van der Waals surface area (Å²) in [5.74, 6) is -0.864. The summed E-state index contributed by atoms with van der Waals surface area (Å²) in [7, 11) is 0. The number of primary amides is 1. The number of nitrogens with two attached hydrogens (primary N) is 2. The molecule has 0 fully saturated rings. The molecule has 0 unspecified atom stereocenters. The third-order valence-corrected chi connectivity index (χ3v) is 1.99. The summed E-state index contributed by atoms with van der Waals surface area (Å²) in [5, 5.41) is 2.61. The van der Waals surface area contributed by atoms with Crippen LogP contribution in [0.25, 0.3) is 0 Å². The Hall–Kier alpha value is -1.59. The fraction of sp³-hybridized carbons (Fsp3) is 0.273. The highest BCUT2D eigenvalue weighted by atomic mass is 35.5. The van der Waals surface area contributed by atoms with E-state index in [2.05, 4.69) is 5.32 Å². The molecule has 0 aromatic heterocycles. The molecular weight excluding hydrogens is 242 g/mol. The van der Waals surface area contributed by atoms with Crippen molar-refractivity contribution in [1.29, 1.82) is 0 Å². The average Bonchev–Trinajstić information content (AvgIpc) is 2.16. The van der Waals surface area contributed by atoms with Gasteiger partial charge in [0.05, 0.1) is 5.54 Å². The van der Waals surface area contributed by atoms with Gasteiger partial charge in [0.1, 0.15) is 0 Å². The first-order valence-corrected chi connectivity index (χ1v) is 4.81. The fourth-order valence-corrected chi connectivity index (χ4v) is 1.04. The molecule has 0 aliphatic rings. The molecule has 0 heterocycles. The molecular formula is C11H16ClN3O2. The van der Waals surface area contributed by atoms with Crippen LogP contribution in [0.1, 0.15) is 24.2 Å². The Balaban J connectivity index is 0.00000256. The molecule has 5 nitrogen and oxygen atoms in total. The second-order valence-electron chi connectivity index (χ2n) is 4.12. The van der Waals surface area contributed by atoms with E-state index in [4.69, 9.17) is 11.5 Å². The van der Waals surface area contributed by atoms with E-state index in [-0.39, 0.29) is 18.3 Å². The Morgan fingerprint density at radius 3 is 2.35 bits per heavy atom. The summed E-state index contributed by atoms with van der Waals surface area (Å²) >= 11 is 0. The quantitative estimate of drug-likeness (QED) is 0.750. The zero-order valence-corrected chi connectivity index (χ0v) is 10.5. The molecule has 1 aromatic carbocycles. The summed E-state index contributed by atoms with van der Waals surface area (Å²) in [6.07, 6.45) is 0. The lowest BCUT2D eigenvalue weighted by Gasteiger charge is -2.17. The number of hydrogen-bond donors (Lipinski definition) is 3. The van der Waals surface area contributed by atoms with Gasteiger partial charge in [-0.2, -0.15) is 0 Å². The van der Waals surface area contributed by atoms with Gasteiger partial charge in [-0.05, 0) is 32.0 Å². The van der Waals surface area contributed by atoms with Crippen molar-refractivity contribution in [3.8, 4) is 0 Å². The normalized spacial score (nSPS) is 10.3. The molecule has 1 aromatic rings. The van der Waals surface area contributed by atoms with Gasteiger partial charge in [-0.3, -0.25) is 9.59 Å². The van der Waals surface area contributed by atoms with Crippen molar-refractivity contribution >= 4 is 29.9 Å². The fourth-order valence-electron chi connectivity index (χ4n) is 1.04. The van der Waals surface area contributed by atoms with Crippen LogP contribution in [0.5, 0.6) is 0 Å². The number of rotatable bonds is 3. The predicted octanol–water partition coefficient (Wildman–Crippen LogP) is 0.883. The maximum absolute atomic E-state index is 11.6. The van der Waals surface area contributed by atoms with Gasteiger partial charge in [-0.25, -0.2) is 0 Å². The Kier molecular flexibility index (Phi) is 5.12. The van der Waals surface area contributed by atoms with Crippen LogP contribution in [-0.4, -0.2) is 17.4 Å². The highest BCUT2D eigenvalue weighted by Gasteiger charge is 2.21. The van der Waals surface area contributed by atoms with Crippen LogP contribution < -0.4 is 16.8 Å². The van der Waals surface area contributed by atoms with Crippen molar-refractivity contribution in [2.45, 2.75) is 19.4 Å². The van der Waals surface area contributed by atoms with Crippen LogP contribution in [0.15, 0.2) is 24.3 Å². The highest BCUT2D eigenvalue weighted by Crippen LogP contribution is 2.12. The molecule has 0 saturated heterocycles. The van der Waals surface area contributed by atoms with Crippen LogP contribution in [0.3, 0.4) is 0 Å². The number of carbonyl (C=O) groups is 2. The van der Waals surface area contributed by atoms with E-state index in [0.29, 0.717) is 11.3 Å². The standard InChI is InChI=1S/C11H15N3O2.ClH/c1-11(2,13)10(16)14-8-5-3-4-7(6-8)9(12)15;/h3-6H,13H2,1-2H3,(H2,12,15)(H,14,16);1H. The summed E-state index contributed by atoms with van der Waals surface area (Å²) in [5.41, 5.74) is 10.6.